The highest BCUT2D eigenvalue weighted by molar-refractivity contribution is 5.84. The second kappa shape index (κ2) is 11.3. The molecule has 146 valence electrons. The summed E-state index contributed by atoms with van der Waals surface area (Å²) >= 11 is 0. The number of hydrogen-bond donors (Lipinski definition) is 3. The molecule has 0 unspecified atom stereocenters. The average molecular weight is 374 g/mol. The zero-order valence-corrected chi connectivity index (χ0v) is 14.9. The van der Waals surface area contributed by atoms with Crippen molar-refractivity contribution in [3.05, 3.63) is 35.4 Å². The van der Waals surface area contributed by atoms with Gasteiger partial charge in [-0.3, -0.25) is 4.79 Å². The number of rotatable bonds is 9. The largest absolute Gasteiger partial charge is 0.416 e. The van der Waals surface area contributed by atoms with Crippen LogP contribution in [0.4, 0.5) is 13.2 Å². The van der Waals surface area contributed by atoms with Gasteiger partial charge in [0, 0.05) is 26.7 Å². The number of alkyl halides is 3. The van der Waals surface area contributed by atoms with E-state index in [1.165, 1.54) is 12.1 Å². The first-order chi connectivity index (χ1) is 12.4. The Hall–Kier alpha value is -2.29. The van der Waals surface area contributed by atoms with Gasteiger partial charge >= 0.3 is 6.18 Å². The Labute approximate surface area is 151 Å². The first kappa shape index (κ1) is 21.8. The lowest BCUT2D eigenvalue weighted by Crippen LogP contribution is -2.39. The second-order valence-electron chi connectivity index (χ2n) is 5.41. The maximum atomic E-state index is 12.5. The number of benzene rings is 1. The van der Waals surface area contributed by atoms with E-state index in [-0.39, 0.29) is 12.5 Å². The van der Waals surface area contributed by atoms with Crippen molar-refractivity contribution < 1.29 is 22.7 Å². The van der Waals surface area contributed by atoms with E-state index < -0.39 is 11.7 Å². The van der Waals surface area contributed by atoms with Gasteiger partial charge in [-0.05, 0) is 31.0 Å². The number of amides is 1. The lowest BCUT2D eigenvalue weighted by atomic mass is 10.1. The molecule has 1 rings (SSSR count). The number of guanidine groups is 1. The molecule has 1 aromatic carbocycles. The molecule has 0 aromatic heterocycles. The molecule has 26 heavy (non-hydrogen) atoms. The Morgan fingerprint density at radius 2 is 1.81 bits per heavy atom. The molecule has 0 bridgehead atoms. The number of methoxy groups -OCH3 is 1. The molecule has 0 atom stereocenters. The third-order valence-electron chi connectivity index (χ3n) is 3.34. The van der Waals surface area contributed by atoms with Crippen LogP contribution < -0.4 is 16.0 Å². The van der Waals surface area contributed by atoms with Crippen LogP contribution >= 0.6 is 0 Å². The van der Waals surface area contributed by atoms with Crippen molar-refractivity contribution >= 4 is 11.9 Å². The minimum absolute atomic E-state index is 0.0284. The molecule has 1 aromatic rings. The Morgan fingerprint density at radius 1 is 1.12 bits per heavy atom. The highest BCUT2D eigenvalue weighted by Gasteiger charge is 2.29. The van der Waals surface area contributed by atoms with Crippen molar-refractivity contribution in [1.29, 1.82) is 0 Å². The van der Waals surface area contributed by atoms with E-state index in [0.717, 1.165) is 17.7 Å². The van der Waals surface area contributed by atoms with Gasteiger partial charge in [0.15, 0.2) is 5.96 Å². The molecule has 0 saturated heterocycles. The third kappa shape index (κ3) is 8.70. The normalized spacial score (nSPS) is 12.0. The molecule has 6 nitrogen and oxygen atoms in total. The van der Waals surface area contributed by atoms with E-state index in [2.05, 4.69) is 20.9 Å². The van der Waals surface area contributed by atoms with E-state index in [1.54, 1.807) is 7.11 Å². The van der Waals surface area contributed by atoms with Gasteiger partial charge in [-0.15, -0.1) is 0 Å². The van der Waals surface area contributed by atoms with Gasteiger partial charge in [-0.25, -0.2) is 4.99 Å². The summed E-state index contributed by atoms with van der Waals surface area (Å²) in [5.41, 5.74) is 0.113. The fourth-order valence-corrected chi connectivity index (χ4v) is 2.03. The maximum Gasteiger partial charge on any atom is 0.416 e. The highest BCUT2D eigenvalue weighted by Crippen LogP contribution is 2.29. The van der Waals surface area contributed by atoms with E-state index in [4.69, 9.17) is 4.74 Å². The van der Waals surface area contributed by atoms with Crippen LogP contribution in [0.5, 0.6) is 0 Å². The zero-order valence-electron chi connectivity index (χ0n) is 14.9. The first-order valence-electron chi connectivity index (χ1n) is 8.30. The maximum absolute atomic E-state index is 12.5. The summed E-state index contributed by atoms with van der Waals surface area (Å²) in [4.78, 5) is 15.8. The monoisotopic (exact) mass is 374 g/mol. The second-order valence-corrected chi connectivity index (χ2v) is 5.41. The van der Waals surface area contributed by atoms with Gasteiger partial charge in [-0.2, -0.15) is 13.2 Å². The molecular weight excluding hydrogens is 349 g/mol. The SMILES string of the molecule is CCNC(=NCC(=O)NCCOC)NCCc1ccc(C(F)(F)F)cc1. The van der Waals surface area contributed by atoms with Crippen LogP contribution in [-0.4, -0.2) is 51.8 Å². The van der Waals surface area contributed by atoms with E-state index in [0.29, 0.717) is 38.6 Å². The number of ether oxygens (including phenoxy) is 1. The van der Waals surface area contributed by atoms with Crippen LogP contribution in [0.3, 0.4) is 0 Å². The minimum Gasteiger partial charge on any atom is -0.383 e. The molecule has 0 radical (unpaired) electrons. The molecular formula is C17H25F3N4O2. The molecule has 3 N–H and O–H groups in total. The van der Waals surface area contributed by atoms with Crippen LogP contribution in [-0.2, 0) is 22.1 Å². The summed E-state index contributed by atoms with van der Waals surface area (Å²) in [6, 6.07) is 5.05. The van der Waals surface area contributed by atoms with Crippen LogP contribution in [0.15, 0.2) is 29.3 Å². The summed E-state index contributed by atoms with van der Waals surface area (Å²) in [6.45, 7) is 3.81. The third-order valence-corrected chi connectivity index (χ3v) is 3.34. The van der Waals surface area contributed by atoms with Crippen molar-refractivity contribution in [2.45, 2.75) is 19.5 Å². The van der Waals surface area contributed by atoms with Crippen molar-refractivity contribution in [2.24, 2.45) is 4.99 Å². The number of hydrogen-bond acceptors (Lipinski definition) is 3. The first-order valence-corrected chi connectivity index (χ1v) is 8.30. The van der Waals surface area contributed by atoms with Crippen molar-refractivity contribution in [1.82, 2.24) is 16.0 Å². The molecule has 1 amide bonds. The Bertz CT molecular complexity index is 574. The highest BCUT2D eigenvalue weighted by atomic mass is 19.4. The predicted molar refractivity (Wildman–Crippen MR) is 94.0 cm³/mol. The van der Waals surface area contributed by atoms with Gasteiger partial charge in [0.2, 0.25) is 5.91 Å². The van der Waals surface area contributed by atoms with Gasteiger partial charge < -0.3 is 20.7 Å². The Morgan fingerprint density at radius 3 is 2.38 bits per heavy atom. The molecule has 0 spiro atoms. The standard InChI is InChI=1S/C17H25F3N4O2/c1-3-21-16(24-12-15(25)22-10-11-26-2)23-9-8-13-4-6-14(7-5-13)17(18,19)20/h4-7H,3,8-12H2,1-2H3,(H,22,25)(H2,21,23,24). The fraction of sp³-hybridized carbons (Fsp3) is 0.529. The number of nitrogens with zero attached hydrogens (tertiary/aromatic N) is 1. The fourth-order valence-electron chi connectivity index (χ4n) is 2.03. The molecule has 9 heteroatoms. The molecule has 0 aliphatic rings. The minimum atomic E-state index is -4.33. The van der Waals surface area contributed by atoms with Crippen LogP contribution in [0.25, 0.3) is 0 Å². The molecule has 0 fully saturated rings. The number of carbonyl (C=O) groups is 1. The van der Waals surface area contributed by atoms with Crippen molar-refractivity contribution in [3.63, 3.8) is 0 Å². The number of carbonyl (C=O) groups excluding carboxylic acids is 1. The molecule has 0 heterocycles. The number of nitrogens with one attached hydrogen (secondary N) is 3. The van der Waals surface area contributed by atoms with Gasteiger partial charge in [0.05, 0.1) is 12.2 Å². The summed E-state index contributed by atoms with van der Waals surface area (Å²) in [5, 5.41) is 8.72. The summed E-state index contributed by atoms with van der Waals surface area (Å²) in [7, 11) is 1.55. The smallest absolute Gasteiger partial charge is 0.383 e. The van der Waals surface area contributed by atoms with Gasteiger partial charge in [-0.1, -0.05) is 12.1 Å². The van der Waals surface area contributed by atoms with Crippen molar-refractivity contribution in [2.75, 3.05) is 39.9 Å². The lowest BCUT2D eigenvalue weighted by molar-refractivity contribution is -0.137. The topological polar surface area (TPSA) is 74.8 Å². The van der Waals surface area contributed by atoms with E-state index in [1.807, 2.05) is 6.92 Å². The number of aliphatic imine (C=N–C) groups is 1. The van der Waals surface area contributed by atoms with Crippen LogP contribution in [0.1, 0.15) is 18.1 Å². The predicted octanol–water partition coefficient (Wildman–Crippen LogP) is 1.57. The van der Waals surface area contributed by atoms with Crippen molar-refractivity contribution in [3.8, 4) is 0 Å². The van der Waals surface area contributed by atoms with Gasteiger partial charge in [0.25, 0.3) is 0 Å². The van der Waals surface area contributed by atoms with E-state index in [9.17, 15) is 18.0 Å². The lowest BCUT2D eigenvalue weighted by Gasteiger charge is -2.12. The van der Waals surface area contributed by atoms with Gasteiger partial charge in [0.1, 0.15) is 6.54 Å². The zero-order chi connectivity index (χ0) is 19.4. The molecule has 0 aliphatic carbocycles. The number of halogens is 3. The average Bonchev–Trinajstić information content (AvgIpc) is 2.59. The Balaban J connectivity index is 2.45. The Kier molecular flexibility index (Phi) is 9.50. The molecule has 0 aliphatic heterocycles. The van der Waals surface area contributed by atoms with Crippen LogP contribution in [0, 0.1) is 0 Å². The van der Waals surface area contributed by atoms with Crippen LogP contribution in [0.2, 0.25) is 0 Å². The summed E-state index contributed by atoms with van der Waals surface area (Å²) < 4.78 is 42.4. The summed E-state index contributed by atoms with van der Waals surface area (Å²) in [5.74, 6) is 0.253. The van der Waals surface area contributed by atoms with E-state index >= 15 is 0 Å². The molecule has 0 saturated carbocycles. The summed E-state index contributed by atoms with van der Waals surface area (Å²) in [6.07, 6.45) is -3.80. The quantitative estimate of drug-likeness (QED) is 0.348.